The van der Waals surface area contributed by atoms with Gasteiger partial charge in [-0.2, -0.15) is 0 Å². The molecule has 0 aromatic heterocycles. The van der Waals surface area contributed by atoms with Gasteiger partial charge in [0.1, 0.15) is 0 Å². The molecule has 2 atom stereocenters. The molecule has 1 N–H and O–H groups in total. The molecule has 70 valence electrons. The van der Waals surface area contributed by atoms with Crippen LogP contribution in [0.15, 0.2) is 4.99 Å². The van der Waals surface area contributed by atoms with Crippen molar-refractivity contribution in [1.29, 1.82) is 0 Å². The van der Waals surface area contributed by atoms with E-state index in [1.54, 1.807) is 0 Å². The molecule has 1 fully saturated rings. The first-order valence-corrected chi connectivity index (χ1v) is 4.57. The van der Waals surface area contributed by atoms with E-state index in [9.17, 15) is 4.39 Å². The fourth-order valence-corrected chi connectivity index (χ4v) is 1.32. The Morgan fingerprint density at radius 3 is 2.50 bits per heavy atom. The van der Waals surface area contributed by atoms with Crippen LogP contribution in [0.1, 0.15) is 33.1 Å². The molecule has 0 aromatic rings. The zero-order chi connectivity index (χ0) is 9.19. The van der Waals surface area contributed by atoms with Crippen LogP contribution in [0.3, 0.4) is 0 Å². The molecule has 2 nitrogen and oxygen atoms in total. The van der Waals surface area contributed by atoms with Crippen LogP contribution in [-0.2, 0) is 0 Å². The van der Waals surface area contributed by atoms with Crippen molar-refractivity contribution < 1.29 is 4.39 Å². The molecule has 0 spiro atoms. The summed E-state index contributed by atoms with van der Waals surface area (Å²) in [7, 11) is 0. The van der Waals surface area contributed by atoms with Crippen molar-refractivity contribution >= 4 is 6.72 Å². The van der Waals surface area contributed by atoms with Gasteiger partial charge in [0.25, 0.3) is 0 Å². The molecule has 0 heterocycles. The van der Waals surface area contributed by atoms with Gasteiger partial charge >= 0.3 is 0 Å². The number of hydrogen-bond donors (Lipinski definition) is 1. The molecule has 0 aliphatic heterocycles. The lowest BCUT2D eigenvalue weighted by molar-refractivity contribution is 0.101. The maximum Gasteiger partial charge on any atom is 0.161 e. The van der Waals surface area contributed by atoms with E-state index in [0.717, 1.165) is 6.42 Å². The molecule has 1 aliphatic carbocycles. The van der Waals surface area contributed by atoms with Gasteiger partial charge in [-0.3, -0.25) is 10.3 Å². The van der Waals surface area contributed by atoms with Gasteiger partial charge in [-0.15, -0.1) is 0 Å². The Balaban J connectivity index is 2.34. The molecule has 0 aromatic carbocycles. The number of aliphatic imine (C=N–C) groups is 1. The number of hydrogen-bond acceptors (Lipinski definition) is 2. The van der Waals surface area contributed by atoms with Crippen LogP contribution < -0.4 is 5.32 Å². The lowest BCUT2D eigenvalue weighted by atomic mass is 10.1. The third-order valence-corrected chi connectivity index (χ3v) is 2.56. The molecule has 0 bridgehead atoms. The Bertz CT molecular complexity index is 166. The first-order valence-electron chi connectivity index (χ1n) is 4.57. The summed E-state index contributed by atoms with van der Waals surface area (Å²) >= 11 is 0. The highest BCUT2D eigenvalue weighted by Gasteiger charge is 2.41. The second kappa shape index (κ2) is 3.52. The maximum absolute atomic E-state index is 13.7. The van der Waals surface area contributed by atoms with E-state index in [2.05, 4.69) is 17.0 Å². The summed E-state index contributed by atoms with van der Waals surface area (Å²) in [5.41, 5.74) is 0. The Morgan fingerprint density at radius 1 is 1.58 bits per heavy atom. The van der Waals surface area contributed by atoms with Crippen LogP contribution in [0, 0.1) is 0 Å². The van der Waals surface area contributed by atoms with Crippen LogP contribution in [-0.4, -0.2) is 24.6 Å². The first kappa shape index (κ1) is 9.65. The normalized spacial score (nSPS) is 28.6. The smallest absolute Gasteiger partial charge is 0.161 e. The molecule has 0 radical (unpaired) electrons. The van der Waals surface area contributed by atoms with Crippen molar-refractivity contribution in [3.05, 3.63) is 0 Å². The quantitative estimate of drug-likeness (QED) is 0.497. The van der Waals surface area contributed by atoms with Gasteiger partial charge in [-0.05, 0) is 26.0 Å². The minimum Gasteiger partial charge on any atom is -0.296 e. The van der Waals surface area contributed by atoms with Gasteiger partial charge in [0.15, 0.2) is 5.79 Å². The maximum atomic E-state index is 13.7. The molecule has 0 amide bonds. The van der Waals surface area contributed by atoms with Crippen LogP contribution in [0.4, 0.5) is 4.39 Å². The summed E-state index contributed by atoms with van der Waals surface area (Å²) in [6, 6.07) is 0.477. The summed E-state index contributed by atoms with van der Waals surface area (Å²) in [5, 5.41) is 2.97. The highest BCUT2D eigenvalue weighted by atomic mass is 19.1. The minimum absolute atomic E-state index is 0.229. The third kappa shape index (κ3) is 2.03. The monoisotopic (exact) mass is 172 g/mol. The zero-order valence-corrected chi connectivity index (χ0v) is 7.81. The van der Waals surface area contributed by atoms with E-state index < -0.39 is 5.79 Å². The van der Waals surface area contributed by atoms with Crippen LogP contribution in [0.2, 0.25) is 0 Å². The molecule has 1 saturated carbocycles. The van der Waals surface area contributed by atoms with E-state index in [1.807, 2.05) is 13.8 Å². The van der Waals surface area contributed by atoms with Crippen molar-refractivity contribution in [2.24, 2.45) is 4.99 Å². The van der Waals surface area contributed by atoms with Crippen LogP contribution in [0.25, 0.3) is 0 Å². The van der Waals surface area contributed by atoms with E-state index in [0.29, 0.717) is 12.8 Å². The van der Waals surface area contributed by atoms with E-state index in [-0.39, 0.29) is 12.1 Å². The summed E-state index contributed by atoms with van der Waals surface area (Å²) in [6.45, 7) is 7.15. The van der Waals surface area contributed by atoms with E-state index in [4.69, 9.17) is 0 Å². The molecular weight excluding hydrogens is 155 g/mol. The highest BCUT2D eigenvalue weighted by molar-refractivity contribution is 5.27. The van der Waals surface area contributed by atoms with Gasteiger partial charge in [0.05, 0.1) is 6.04 Å². The van der Waals surface area contributed by atoms with Gasteiger partial charge in [0.2, 0.25) is 0 Å². The summed E-state index contributed by atoms with van der Waals surface area (Å²) in [4.78, 5) is 3.86. The number of halogens is 1. The Hall–Kier alpha value is -0.440. The Kier molecular flexibility index (Phi) is 2.83. The van der Waals surface area contributed by atoms with Gasteiger partial charge in [-0.1, -0.05) is 13.8 Å². The van der Waals surface area contributed by atoms with Crippen molar-refractivity contribution in [1.82, 2.24) is 5.32 Å². The minimum atomic E-state index is -1.19. The largest absolute Gasteiger partial charge is 0.296 e. The predicted octanol–water partition coefficient (Wildman–Crippen LogP) is 1.90. The topological polar surface area (TPSA) is 24.4 Å². The van der Waals surface area contributed by atoms with Gasteiger partial charge in [-0.25, -0.2) is 4.39 Å². The second-order valence-electron chi connectivity index (χ2n) is 3.41. The number of nitrogens with zero attached hydrogens (tertiary/aromatic N) is 1. The van der Waals surface area contributed by atoms with Crippen LogP contribution >= 0.6 is 0 Å². The van der Waals surface area contributed by atoms with Crippen molar-refractivity contribution in [3.63, 3.8) is 0 Å². The van der Waals surface area contributed by atoms with Crippen molar-refractivity contribution in [2.45, 2.75) is 51.0 Å². The summed E-state index contributed by atoms with van der Waals surface area (Å²) < 4.78 is 13.7. The molecule has 1 rings (SSSR count). The highest BCUT2D eigenvalue weighted by Crippen LogP contribution is 2.29. The van der Waals surface area contributed by atoms with Crippen molar-refractivity contribution in [2.75, 3.05) is 0 Å². The standard InChI is InChI=1S/C9H17FN2/c1-4-9(10,5-2)12-8-6-7(8)11-3/h7-8,12H,3-6H2,1-2H3. The summed E-state index contributed by atoms with van der Waals surface area (Å²) in [6.07, 6.45) is 1.98. The number of alkyl halides is 1. The average Bonchev–Trinajstić information content (AvgIpc) is 2.83. The molecule has 3 heteroatoms. The molecule has 12 heavy (non-hydrogen) atoms. The SMILES string of the molecule is C=NC1CC1NC(F)(CC)CC. The molecular formula is C9H17FN2. The Morgan fingerprint density at radius 2 is 2.17 bits per heavy atom. The average molecular weight is 172 g/mol. The lowest BCUT2D eigenvalue weighted by Crippen LogP contribution is -2.42. The van der Waals surface area contributed by atoms with Crippen LogP contribution in [0.5, 0.6) is 0 Å². The molecule has 2 unspecified atom stereocenters. The molecule has 0 saturated heterocycles. The van der Waals surface area contributed by atoms with Gasteiger partial charge < -0.3 is 0 Å². The summed E-state index contributed by atoms with van der Waals surface area (Å²) in [5.74, 6) is -1.19. The van der Waals surface area contributed by atoms with E-state index in [1.165, 1.54) is 0 Å². The number of rotatable bonds is 5. The first-order chi connectivity index (χ1) is 5.65. The number of nitrogens with one attached hydrogen (secondary N) is 1. The predicted molar refractivity (Wildman–Crippen MR) is 49.3 cm³/mol. The lowest BCUT2D eigenvalue weighted by Gasteiger charge is -2.23. The molecule has 1 aliphatic rings. The zero-order valence-electron chi connectivity index (χ0n) is 7.81. The van der Waals surface area contributed by atoms with E-state index >= 15 is 0 Å². The van der Waals surface area contributed by atoms with Gasteiger partial charge in [0, 0.05) is 6.04 Å². The second-order valence-corrected chi connectivity index (χ2v) is 3.41. The fourth-order valence-electron chi connectivity index (χ4n) is 1.32. The third-order valence-electron chi connectivity index (χ3n) is 2.56. The fraction of sp³-hybridized carbons (Fsp3) is 0.889. The van der Waals surface area contributed by atoms with Crippen molar-refractivity contribution in [3.8, 4) is 0 Å². The Labute approximate surface area is 73.3 Å².